The van der Waals surface area contributed by atoms with Crippen molar-refractivity contribution < 1.29 is 17.6 Å². The van der Waals surface area contributed by atoms with Crippen molar-refractivity contribution in [1.82, 2.24) is 23.9 Å². The number of halogens is 1. The number of carbonyl (C=O) groups is 1. The average Bonchev–Trinajstić information content (AvgIpc) is 3.02. The van der Waals surface area contributed by atoms with Crippen LogP contribution in [0.5, 0.6) is 0 Å². The maximum atomic E-state index is 13.4. The fraction of sp³-hybridized carbons (Fsp3) is 0.294. The molecule has 13 heteroatoms. The van der Waals surface area contributed by atoms with Gasteiger partial charge >= 0.3 is 0 Å². The van der Waals surface area contributed by atoms with E-state index in [-0.39, 0.29) is 17.0 Å². The fourth-order valence-corrected chi connectivity index (χ4v) is 4.18. The zero-order chi connectivity index (χ0) is 21.5. The van der Waals surface area contributed by atoms with Gasteiger partial charge < -0.3 is 16.0 Å². The summed E-state index contributed by atoms with van der Waals surface area (Å²) in [7, 11) is -3.25. The van der Waals surface area contributed by atoms with Gasteiger partial charge in [0.2, 0.25) is 10.0 Å². The number of nitrogens with one attached hydrogen (secondary N) is 1. The highest BCUT2D eigenvalue weighted by Gasteiger charge is 2.26. The highest BCUT2D eigenvalue weighted by atomic mass is 32.2. The first-order valence-corrected chi connectivity index (χ1v) is 10.8. The monoisotopic (exact) mass is 434 g/mol. The van der Waals surface area contributed by atoms with Gasteiger partial charge in [0.05, 0.1) is 36.2 Å². The molecule has 11 nitrogen and oxygen atoms in total. The normalized spacial score (nSPS) is 15.5. The third-order valence-corrected chi connectivity index (χ3v) is 6.09. The van der Waals surface area contributed by atoms with Crippen LogP contribution in [0.4, 0.5) is 21.6 Å². The molecule has 3 aromatic heterocycles. The highest BCUT2D eigenvalue weighted by Crippen LogP contribution is 2.27. The second-order valence-corrected chi connectivity index (χ2v) is 8.78. The standard InChI is InChI=1S/C17H19FN8O3S/c1-30(28,29)25-6-4-24(5-7-25)13-2-3-20-9-12(13)22-17(27)14-15(19)23-26-10-11(18)8-21-16(14)26/h2-3,8-10H,4-7H2,1H3,(H2,19,23)(H,22,27). The third-order valence-electron chi connectivity index (χ3n) is 4.79. The van der Waals surface area contributed by atoms with Crippen LogP contribution in [0, 0.1) is 5.82 Å². The number of fused-ring (bicyclic) bond motifs is 1. The van der Waals surface area contributed by atoms with E-state index in [1.165, 1.54) is 16.8 Å². The number of hydrogen-bond acceptors (Lipinski definition) is 8. The number of rotatable bonds is 4. The van der Waals surface area contributed by atoms with Gasteiger partial charge in [-0.15, -0.1) is 5.10 Å². The summed E-state index contributed by atoms with van der Waals surface area (Å²) in [5, 5.41) is 6.68. The minimum atomic E-state index is -3.25. The van der Waals surface area contributed by atoms with Crippen LogP contribution in [0.1, 0.15) is 10.4 Å². The maximum absolute atomic E-state index is 13.4. The van der Waals surface area contributed by atoms with E-state index in [1.807, 2.05) is 4.90 Å². The Kier molecular flexibility index (Phi) is 4.99. The number of nitrogens with zero attached hydrogens (tertiary/aromatic N) is 6. The highest BCUT2D eigenvalue weighted by molar-refractivity contribution is 7.88. The van der Waals surface area contributed by atoms with Crippen molar-refractivity contribution in [3.05, 3.63) is 42.2 Å². The van der Waals surface area contributed by atoms with Crippen LogP contribution in [0.3, 0.4) is 0 Å². The molecule has 3 aromatic rings. The molecule has 0 aromatic carbocycles. The summed E-state index contributed by atoms with van der Waals surface area (Å²) in [5.74, 6) is -1.26. The molecule has 1 fully saturated rings. The molecule has 1 saturated heterocycles. The van der Waals surface area contributed by atoms with Crippen LogP contribution >= 0.6 is 0 Å². The van der Waals surface area contributed by atoms with Crippen LogP contribution in [-0.4, -0.2) is 70.6 Å². The lowest BCUT2D eigenvalue weighted by molar-refractivity contribution is 0.102. The predicted molar refractivity (Wildman–Crippen MR) is 108 cm³/mol. The van der Waals surface area contributed by atoms with Crippen molar-refractivity contribution in [3.63, 3.8) is 0 Å². The number of pyridine rings is 1. The third kappa shape index (κ3) is 3.76. The molecule has 1 amide bonds. The molecular formula is C17H19FN8O3S. The molecule has 1 aliphatic heterocycles. The van der Waals surface area contributed by atoms with Gasteiger partial charge in [0.15, 0.2) is 17.3 Å². The number of anilines is 3. The van der Waals surface area contributed by atoms with Crippen LogP contribution < -0.4 is 16.0 Å². The zero-order valence-electron chi connectivity index (χ0n) is 16.0. The molecule has 0 aliphatic carbocycles. The second-order valence-electron chi connectivity index (χ2n) is 6.80. The van der Waals surface area contributed by atoms with Gasteiger partial charge in [0, 0.05) is 32.4 Å². The summed E-state index contributed by atoms with van der Waals surface area (Å²) in [6.45, 7) is 1.59. The minimum Gasteiger partial charge on any atom is -0.381 e. The second kappa shape index (κ2) is 7.50. The summed E-state index contributed by atoms with van der Waals surface area (Å²) < 4.78 is 39.3. The largest absolute Gasteiger partial charge is 0.381 e. The number of nitrogen functional groups attached to an aromatic ring is 1. The van der Waals surface area contributed by atoms with Crippen molar-refractivity contribution >= 4 is 38.8 Å². The number of hydrogen-bond donors (Lipinski definition) is 2. The number of nitrogens with two attached hydrogens (primary N) is 1. The lowest BCUT2D eigenvalue weighted by Crippen LogP contribution is -2.48. The van der Waals surface area contributed by atoms with E-state index >= 15 is 0 Å². The molecule has 1 aliphatic rings. The minimum absolute atomic E-state index is 0.0201. The molecule has 3 N–H and O–H groups in total. The lowest BCUT2D eigenvalue weighted by atomic mass is 10.2. The van der Waals surface area contributed by atoms with Crippen molar-refractivity contribution in [2.24, 2.45) is 0 Å². The number of amides is 1. The summed E-state index contributed by atoms with van der Waals surface area (Å²) in [5.41, 5.74) is 7.12. The molecular weight excluding hydrogens is 415 g/mol. The summed E-state index contributed by atoms with van der Waals surface area (Å²) in [6.07, 6.45) is 6.31. The quantitative estimate of drug-likeness (QED) is 0.593. The first-order valence-electron chi connectivity index (χ1n) is 8.99. The Bertz CT molecular complexity index is 1220. The maximum Gasteiger partial charge on any atom is 0.263 e. The summed E-state index contributed by atoms with van der Waals surface area (Å²) in [4.78, 5) is 22.8. The van der Waals surface area contributed by atoms with Gasteiger partial charge in [0.1, 0.15) is 5.56 Å². The predicted octanol–water partition coefficient (Wildman–Crippen LogP) is 0.180. The van der Waals surface area contributed by atoms with Gasteiger partial charge in [-0.2, -0.15) is 4.31 Å². The van der Waals surface area contributed by atoms with Crippen molar-refractivity contribution in [2.75, 3.05) is 48.4 Å². The van der Waals surface area contributed by atoms with E-state index in [1.54, 1.807) is 12.3 Å². The number of aromatic nitrogens is 4. The summed E-state index contributed by atoms with van der Waals surface area (Å²) >= 11 is 0. The van der Waals surface area contributed by atoms with E-state index in [9.17, 15) is 17.6 Å². The molecule has 0 bridgehead atoms. The molecule has 0 spiro atoms. The molecule has 0 atom stereocenters. The Morgan fingerprint density at radius 3 is 2.67 bits per heavy atom. The zero-order valence-corrected chi connectivity index (χ0v) is 16.8. The Balaban J connectivity index is 1.58. The van der Waals surface area contributed by atoms with E-state index in [2.05, 4.69) is 20.4 Å². The molecule has 158 valence electrons. The van der Waals surface area contributed by atoms with Crippen LogP contribution in [0.25, 0.3) is 5.65 Å². The molecule has 4 rings (SSSR count). The molecule has 30 heavy (non-hydrogen) atoms. The van der Waals surface area contributed by atoms with Crippen LogP contribution in [-0.2, 0) is 10.0 Å². The van der Waals surface area contributed by atoms with Gasteiger partial charge in [-0.05, 0) is 6.07 Å². The average molecular weight is 434 g/mol. The van der Waals surface area contributed by atoms with E-state index in [0.717, 1.165) is 16.9 Å². The fourth-order valence-electron chi connectivity index (χ4n) is 3.35. The van der Waals surface area contributed by atoms with Crippen LogP contribution in [0.2, 0.25) is 0 Å². The number of piperazine rings is 1. The molecule has 0 radical (unpaired) electrons. The SMILES string of the molecule is CS(=O)(=O)N1CCN(c2ccncc2NC(=O)c2c(N)nn3cc(F)cnc23)CC1. The Morgan fingerprint density at radius 1 is 1.23 bits per heavy atom. The number of sulfonamides is 1. The molecule has 0 saturated carbocycles. The smallest absolute Gasteiger partial charge is 0.263 e. The first-order chi connectivity index (χ1) is 14.2. The van der Waals surface area contributed by atoms with Crippen molar-refractivity contribution in [1.29, 1.82) is 0 Å². The topological polar surface area (TPSA) is 139 Å². The van der Waals surface area contributed by atoms with Crippen molar-refractivity contribution in [3.8, 4) is 0 Å². The lowest BCUT2D eigenvalue weighted by Gasteiger charge is -2.35. The van der Waals surface area contributed by atoms with Crippen molar-refractivity contribution in [2.45, 2.75) is 0 Å². The molecule has 4 heterocycles. The molecule has 0 unspecified atom stereocenters. The van der Waals surface area contributed by atoms with E-state index in [4.69, 9.17) is 5.73 Å². The Labute approximate surface area is 171 Å². The van der Waals surface area contributed by atoms with Gasteiger partial charge in [-0.25, -0.2) is 22.3 Å². The van der Waals surface area contributed by atoms with E-state index in [0.29, 0.717) is 37.6 Å². The van der Waals surface area contributed by atoms with Crippen LogP contribution in [0.15, 0.2) is 30.9 Å². The summed E-state index contributed by atoms with van der Waals surface area (Å²) in [6, 6.07) is 1.73. The van der Waals surface area contributed by atoms with E-state index < -0.39 is 21.7 Å². The number of carbonyl (C=O) groups excluding carboxylic acids is 1. The first kappa shape index (κ1) is 20.0. The van der Waals surface area contributed by atoms with Gasteiger partial charge in [-0.3, -0.25) is 9.78 Å². The Morgan fingerprint density at radius 2 is 1.97 bits per heavy atom. The van der Waals surface area contributed by atoms with Gasteiger partial charge in [-0.1, -0.05) is 0 Å². The van der Waals surface area contributed by atoms with Gasteiger partial charge in [0.25, 0.3) is 5.91 Å². The Hall–Kier alpha value is -3.32.